The molecule has 0 N–H and O–H groups in total. The highest BCUT2D eigenvalue weighted by molar-refractivity contribution is 7.11. The van der Waals surface area contributed by atoms with Gasteiger partial charge < -0.3 is 0 Å². The lowest BCUT2D eigenvalue weighted by molar-refractivity contribution is -0.385. The summed E-state index contributed by atoms with van der Waals surface area (Å²) in [6.07, 6.45) is 6.29. The van der Waals surface area contributed by atoms with Gasteiger partial charge in [0.25, 0.3) is 0 Å². The average Bonchev–Trinajstić information content (AvgIpc) is 3.58. The van der Waals surface area contributed by atoms with Crippen molar-refractivity contribution in [3.63, 3.8) is 0 Å². The van der Waals surface area contributed by atoms with Gasteiger partial charge in [-0.05, 0) is 60.7 Å². The van der Waals surface area contributed by atoms with Crippen molar-refractivity contribution in [1.29, 1.82) is 0 Å². The Morgan fingerprint density at radius 1 is 1.31 bits per heavy atom. The van der Waals surface area contributed by atoms with Crippen molar-refractivity contribution in [2.45, 2.75) is 38.8 Å². The second kappa shape index (κ2) is 8.44. The van der Waals surface area contributed by atoms with Crippen molar-refractivity contribution in [2.75, 3.05) is 0 Å². The minimum Gasteiger partial charge on any atom is -0.265 e. The highest BCUT2D eigenvalue weighted by atomic mass is 32.1. The summed E-state index contributed by atoms with van der Waals surface area (Å²) in [5, 5.41) is 26.1. The molecule has 3 aromatic rings. The number of rotatable bonds is 5. The molecule has 32 heavy (non-hydrogen) atoms. The monoisotopic (exact) mass is 467 g/mol. The van der Waals surface area contributed by atoms with E-state index in [2.05, 4.69) is 17.2 Å². The number of hydrogen-bond donors (Lipinski definition) is 0. The Kier molecular flexibility index (Phi) is 5.48. The topological polar surface area (TPSA) is 93.6 Å². The summed E-state index contributed by atoms with van der Waals surface area (Å²) in [5.74, 6) is -0.468. The number of carbonyl (C=O) groups excluding carboxylic acids is 1. The Morgan fingerprint density at radius 3 is 2.81 bits per heavy atom. The van der Waals surface area contributed by atoms with Gasteiger partial charge in [0.2, 0.25) is 5.69 Å². The van der Waals surface area contributed by atoms with Crippen LogP contribution in [0, 0.1) is 16.0 Å². The minimum atomic E-state index is -0.551. The number of nitro groups is 1. The van der Waals surface area contributed by atoms with E-state index >= 15 is 0 Å². The zero-order chi connectivity index (χ0) is 22.2. The van der Waals surface area contributed by atoms with Gasteiger partial charge in [-0.25, -0.2) is 5.01 Å². The molecule has 0 saturated heterocycles. The number of allylic oxidation sites excluding steroid dienone is 1. The SMILES string of the molecule is CCn1cc([N+](=O)[O-])c(C(=O)N2N=C3/C(=C\c4cccs4)CCC[C@@H]3[C@@H]2c2cccs2)n1. The Bertz CT molecular complexity index is 1210. The maximum atomic E-state index is 13.6. The fourth-order valence-electron chi connectivity index (χ4n) is 4.42. The largest absolute Gasteiger partial charge is 0.320 e. The molecule has 0 unspecified atom stereocenters. The molecule has 1 saturated carbocycles. The first-order valence-electron chi connectivity index (χ1n) is 10.5. The Hall–Kier alpha value is -3.11. The number of fused-ring (bicyclic) bond motifs is 1. The molecule has 5 rings (SSSR count). The number of hydrazone groups is 1. The predicted molar refractivity (Wildman–Crippen MR) is 125 cm³/mol. The Labute approximate surface area is 192 Å². The zero-order valence-electron chi connectivity index (χ0n) is 17.4. The van der Waals surface area contributed by atoms with Gasteiger partial charge in [0.05, 0.1) is 16.7 Å². The maximum absolute atomic E-state index is 13.6. The quantitative estimate of drug-likeness (QED) is 0.372. The molecule has 0 bridgehead atoms. The number of carbonyl (C=O) groups is 1. The van der Waals surface area contributed by atoms with E-state index in [1.165, 1.54) is 15.9 Å². The van der Waals surface area contributed by atoms with Crippen LogP contribution in [0.2, 0.25) is 0 Å². The second-order valence-electron chi connectivity index (χ2n) is 7.75. The van der Waals surface area contributed by atoms with Gasteiger partial charge >= 0.3 is 11.6 Å². The third-order valence-corrected chi connectivity index (χ3v) is 7.63. The number of thiophene rings is 2. The average molecular weight is 468 g/mol. The van der Waals surface area contributed by atoms with Crippen LogP contribution in [0.15, 0.2) is 51.9 Å². The van der Waals surface area contributed by atoms with Crippen molar-refractivity contribution < 1.29 is 9.72 Å². The molecule has 1 aliphatic carbocycles. The summed E-state index contributed by atoms with van der Waals surface area (Å²) in [6.45, 7) is 2.26. The molecule has 1 amide bonds. The molecule has 2 aliphatic rings. The van der Waals surface area contributed by atoms with Crippen molar-refractivity contribution >= 4 is 46.1 Å². The molecule has 10 heteroatoms. The molecule has 4 heterocycles. The molecule has 0 spiro atoms. The van der Waals surface area contributed by atoms with Crippen LogP contribution >= 0.6 is 22.7 Å². The Morgan fingerprint density at radius 2 is 2.12 bits per heavy atom. The highest BCUT2D eigenvalue weighted by Gasteiger charge is 2.46. The van der Waals surface area contributed by atoms with Crippen molar-refractivity contribution in [2.24, 2.45) is 11.0 Å². The summed E-state index contributed by atoms with van der Waals surface area (Å²) >= 11 is 3.24. The van der Waals surface area contributed by atoms with Crippen LogP contribution in [-0.2, 0) is 6.54 Å². The molecule has 0 aromatic carbocycles. The van der Waals surface area contributed by atoms with Crippen LogP contribution in [0.3, 0.4) is 0 Å². The summed E-state index contributed by atoms with van der Waals surface area (Å²) in [7, 11) is 0. The summed E-state index contributed by atoms with van der Waals surface area (Å²) in [6, 6.07) is 7.76. The molecule has 1 aliphatic heterocycles. The van der Waals surface area contributed by atoms with Crippen molar-refractivity contribution in [3.05, 3.63) is 72.4 Å². The molecule has 2 atom stereocenters. The summed E-state index contributed by atoms with van der Waals surface area (Å²) in [5.41, 5.74) is 1.60. The standard InChI is InChI=1S/C22H21N5O3S2/c1-2-25-13-17(27(29)30)20(23-25)22(28)26-21(18-9-5-11-32-18)16-8-3-6-14(19(16)24-26)12-15-7-4-10-31-15/h4-5,7,9-13,16,21H,2-3,6,8H2,1H3/b14-12-/t16-,21+/m0/s1. The maximum Gasteiger partial charge on any atom is 0.320 e. The first-order valence-corrected chi connectivity index (χ1v) is 12.2. The number of aromatic nitrogens is 2. The van der Waals surface area contributed by atoms with Gasteiger partial charge in [-0.1, -0.05) is 12.1 Å². The highest BCUT2D eigenvalue weighted by Crippen LogP contribution is 2.46. The van der Waals surface area contributed by atoms with E-state index in [9.17, 15) is 14.9 Å². The van der Waals surface area contributed by atoms with Crippen LogP contribution in [0.5, 0.6) is 0 Å². The number of amides is 1. The van der Waals surface area contributed by atoms with E-state index in [0.717, 1.165) is 40.3 Å². The number of hydrogen-bond acceptors (Lipinski definition) is 7. The molecule has 1 fully saturated rings. The van der Waals surface area contributed by atoms with Crippen LogP contribution in [0.4, 0.5) is 5.69 Å². The third kappa shape index (κ3) is 3.59. The van der Waals surface area contributed by atoms with E-state index in [0.29, 0.717) is 6.54 Å². The normalized spacial score (nSPS) is 21.6. The lowest BCUT2D eigenvalue weighted by Gasteiger charge is -2.28. The third-order valence-electron chi connectivity index (χ3n) is 5.87. The van der Waals surface area contributed by atoms with E-state index in [1.54, 1.807) is 22.7 Å². The fourth-order valence-corrected chi connectivity index (χ4v) is 5.98. The summed E-state index contributed by atoms with van der Waals surface area (Å²) < 4.78 is 1.42. The van der Waals surface area contributed by atoms with E-state index in [-0.39, 0.29) is 23.3 Å². The molecule has 164 valence electrons. The van der Waals surface area contributed by atoms with Crippen molar-refractivity contribution in [1.82, 2.24) is 14.8 Å². The second-order valence-corrected chi connectivity index (χ2v) is 9.71. The van der Waals surface area contributed by atoms with Crippen molar-refractivity contribution in [3.8, 4) is 0 Å². The molecule has 3 aromatic heterocycles. The molecule has 8 nitrogen and oxygen atoms in total. The molecular formula is C22H21N5O3S2. The first kappa shape index (κ1) is 20.8. The Balaban J connectivity index is 1.59. The van der Waals surface area contributed by atoms with Gasteiger partial charge in [-0.3, -0.25) is 19.6 Å². The lowest BCUT2D eigenvalue weighted by atomic mass is 9.79. The molecule has 0 radical (unpaired) electrons. The summed E-state index contributed by atoms with van der Waals surface area (Å²) in [4.78, 5) is 26.8. The van der Waals surface area contributed by atoms with E-state index in [1.807, 2.05) is 35.9 Å². The molecular weight excluding hydrogens is 446 g/mol. The van der Waals surface area contributed by atoms with Gasteiger partial charge in [0.1, 0.15) is 6.20 Å². The van der Waals surface area contributed by atoms with Gasteiger partial charge in [0, 0.05) is 22.2 Å². The van der Waals surface area contributed by atoms with Gasteiger partial charge in [0.15, 0.2) is 0 Å². The lowest BCUT2D eigenvalue weighted by Crippen LogP contribution is -2.32. The fraction of sp³-hybridized carbons (Fsp3) is 0.318. The van der Waals surface area contributed by atoms with Gasteiger partial charge in [-0.15, -0.1) is 22.7 Å². The van der Waals surface area contributed by atoms with Crippen LogP contribution < -0.4 is 0 Å². The van der Waals surface area contributed by atoms with Crippen LogP contribution in [0.1, 0.15) is 52.5 Å². The van der Waals surface area contributed by atoms with Gasteiger partial charge in [-0.2, -0.15) is 10.2 Å². The van der Waals surface area contributed by atoms with E-state index in [4.69, 9.17) is 5.10 Å². The van der Waals surface area contributed by atoms with E-state index < -0.39 is 10.8 Å². The van der Waals surface area contributed by atoms with Crippen LogP contribution in [-0.4, -0.2) is 31.3 Å². The number of aryl methyl sites for hydroxylation is 1. The smallest absolute Gasteiger partial charge is 0.265 e. The minimum absolute atomic E-state index is 0.0601. The number of nitrogens with zero attached hydrogens (tertiary/aromatic N) is 5. The zero-order valence-corrected chi connectivity index (χ0v) is 19.0. The van der Waals surface area contributed by atoms with Crippen LogP contribution in [0.25, 0.3) is 6.08 Å². The predicted octanol–water partition coefficient (Wildman–Crippen LogP) is 5.37. The first-order chi connectivity index (χ1) is 15.6.